The quantitative estimate of drug-likeness (QED) is 0.787. The Bertz CT molecular complexity index is 964. The van der Waals surface area contributed by atoms with Crippen molar-refractivity contribution in [3.8, 4) is 0 Å². The van der Waals surface area contributed by atoms with Gasteiger partial charge >= 0.3 is 0 Å². The molecule has 0 spiro atoms. The molecule has 0 atom stereocenters. The highest BCUT2D eigenvalue weighted by Crippen LogP contribution is 2.24. The molecule has 0 aliphatic rings. The van der Waals surface area contributed by atoms with E-state index in [0.29, 0.717) is 27.7 Å². The number of nitrogens with zero attached hydrogens (tertiary/aromatic N) is 1. The van der Waals surface area contributed by atoms with Gasteiger partial charge in [-0.3, -0.25) is 4.72 Å². The van der Waals surface area contributed by atoms with Gasteiger partial charge in [0.05, 0.1) is 10.6 Å². The van der Waals surface area contributed by atoms with Crippen LogP contribution in [0.15, 0.2) is 45.7 Å². The van der Waals surface area contributed by atoms with Crippen molar-refractivity contribution in [2.24, 2.45) is 0 Å². The van der Waals surface area contributed by atoms with Crippen molar-refractivity contribution in [1.82, 2.24) is 4.98 Å². The van der Waals surface area contributed by atoms with E-state index in [0.717, 1.165) is 5.56 Å². The maximum absolute atomic E-state index is 12.4. The minimum absolute atomic E-state index is 0.108. The Morgan fingerprint density at radius 1 is 1.14 bits per heavy atom. The Morgan fingerprint density at radius 2 is 1.91 bits per heavy atom. The molecule has 3 rings (SSSR count). The van der Waals surface area contributed by atoms with Gasteiger partial charge in [0.25, 0.3) is 10.0 Å². The highest BCUT2D eigenvalue weighted by molar-refractivity contribution is 7.92. The molecule has 0 saturated heterocycles. The number of hydrogen-bond donors (Lipinski definition) is 1. The summed E-state index contributed by atoms with van der Waals surface area (Å²) < 4.78 is 32.7. The summed E-state index contributed by atoms with van der Waals surface area (Å²) >= 11 is 5.99. The van der Waals surface area contributed by atoms with Crippen molar-refractivity contribution >= 4 is 38.4 Å². The fourth-order valence-corrected chi connectivity index (χ4v) is 3.38. The van der Waals surface area contributed by atoms with Crippen LogP contribution < -0.4 is 4.72 Å². The number of hydrogen-bond acceptors (Lipinski definition) is 4. The fourth-order valence-electron chi connectivity index (χ4n) is 2.06. The molecule has 1 N–H and O–H groups in total. The monoisotopic (exact) mass is 336 g/mol. The van der Waals surface area contributed by atoms with E-state index in [-0.39, 0.29) is 4.90 Å². The van der Waals surface area contributed by atoms with Crippen molar-refractivity contribution in [2.45, 2.75) is 18.7 Å². The Hall–Kier alpha value is -2.05. The van der Waals surface area contributed by atoms with Crippen LogP contribution in [0, 0.1) is 13.8 Å². The first-order chi connectivity index (χ1) is 10.3. The van der Waals surface area contributed by atoms with Crippen molar-refractivity contribution in [2.75, 3.05) is 4.72 Å². The van der Waals surface area contributed by atoms with E-state index in [2.05, 4.69) is 9.71 Å². The van der Waals surface area contributed by atoms with Crippen molar-refractivity contribution < 1.29 is 12.8 Å². The van der Waals surface area contributed by atoms with Crippen LogP contribution in [-0.4, -0.2) is 13.4 Å². The zero-order chi connectivity index (χ0) is 15.9. The fraction of sp³-hybridized carbons (Fsp3) is 0.133. The Morgan fingerprint density at radius 3 is 2.64 bits per heavy atom. The third-order valence-electron chi connectivity index (χ3n) is 3.20. The molecule has 22 heavy (non-hydrogen) atoms. The van der Waals surface area contributed by atoms with Gasteiger partial charge in [0.1, 0.15) is 5.52 Å². The second kappa shape index (κ2) is 5.30. The van der Waals surface area contributed by atoms with E-state index < -0.39 is 10.0 Å². The summed E-state index contributed by atoms with van der Waals surface area (Å²) in [6.07, 6.45) is 0. The second-order valence-corrected chi connectivity index (χ2v) is 7.02. The van der Waals surface area contributed by atoms with Crippen molar-refractivity contribution in [3.63, 3.8) is 0 Å². The number of rotatable bonds is 3. The first-order valence-corrected chi connectivity index (χ1v) is 8.37. The maximum Gasteiger partial charge on any atom is 0.261 e. The molecule has 0 unspecified atom stereocenters. The van der Waals surface area contributed by atoms with Gasteiger partial charge in [-0.1, -0.05) is 17.7 Å². The van der Waals surface area contributed by atoms with Gasteiger partial charge in [-0.25, -0.2) is 13.4 Å². The van der Waals surface area contributed by atoms with Gasteiger partial charge < -0.3 is 4.42 Å². The SMILES string of the molecule is Cc1nc2ccc(NS(=O)(=O)c3ccc(C)c(Cl)c3)cc2o1. The number of fused-ring (bicyclic) bond motifs is 1. The molecule has 7 heteroatoms. The average Bonchev–Trinajstić information content (AvgIpc) is 2.80. The summed E-state index contributed by atoms with van der Waals surface area (Å²) in [4.78, 5) is 4.28. The zero-order valence-corrected chi connectivity index (χ0v) is 13.5. The van der Waals surface area contributed by atoms with Crippen LogP contribution in [-0.2, 0) is 10.0 Å². The largest absolute Gasteiger partial charge is 0.441 e. The summed E-state index contributed by atoms with van der Waals surface area (Å²) in [5, 5.41) is 0.407. The van der Waals surface area contributed by atoms with Crippen molar-refractivity contribution in [3.05, 3.63) is 52.9 Å². The standard InChI is InChI=1S/C15H13ClN2O3S/c1-9-3-5-12(8-13(9)16)22(19,20)18-11-4-6-14-15(7-11)21-10(2)17-14/h3-8,18H,1-2H3. The Balaban J connectivity index is 1.96. The van der Waals surface area contributed by atoms with Crippen molar-refractivity contribution in [1.29, 1.82) is 0 Å². The summed E-state index contributed by atoms with van der Waals surface area (Å²) in [5.74, 6) is 0.528. The van der Waals surface area contributed by atoms with Gasteiger partial charge in [0.2, 0.25) is 0 Å². The Kier molecular flexibility index (Phi) is 3.58. The molecule has 2 aromatic carbocycles. The Labute approximate surface area is 133 Å². The van der Waals surface area contributed by atoms with Crippen LogP contribution in [0.4, 0.5) is 5.69 Å². The molecule has 0 aliphatic heterocycles. The third-order valence-corrected chi connectivity index (χ3v) is 4.99. The minimum Gasteiger partial charge on any atom is -0.441 e. The first kappa shape index (κ1) is 14.9. The molecule has 0 aliphatic carbocycles. The molecular weight excluding hydrogens is 324 g/mol. The lowest BCUT2D eigenvalue weighted by molar-refractivity contribution is 0.561. The number of aryl methyl sites for hydroxylation is 2. The molecular formula is C15H13ClN2O3S. The molecule has 0 fully saturated rings. The molecule has 0 saturated carbocycles. The molecule has 5 nitrogen and oxygen atoms in total. The lowest BCUT2D eigenvalue weighted by atomic mass is 10.2. The van der Waals surface area contributed by atoms with Crippen LogP contribution in [0.2, 0.25) is 5.02 Å². The number of aromatic nitrogens is 1. The van der Waals surface area contributed by atoms with Crippen LogP contribution in [0.1, 0.15) is 11.5 Å². The molecule has 3 aromatic rings. The van der Waals surface area contributed by atoms with E-state index in [9.17, 15) is 8.42 Å². The zero-order valence-electron chi connectivity index (χ0n) is 11.9. The van der Waals surface area contributed by atoms with Crippen LogP contribution in [0.5, 0.6) is 0 Å². The number of nitrogens with one attached hydrogen (secondary N) is 1. The number of sulfonamides is 1. The lowest BCUT2D eigenvalue weighted by Gasteiger charge is -2.09. The number of oxazole rings is 1. The number of halogens is 1. The summed E-state index contributed by atoms with van der Waals surface area (Å²) in [6, 6.07) is 9.54. The highest BCUT2D eigenvalue weighted by Gasteiger charge is 2.16. The summed E-state index contributed by atoms with van der Waals surface area (Å²) in [7, 11) is -3.71. The highest BCUT2D eigenvalue weighted by atomic mass is 35.5. The predicted octanol–water partition coefficient (Wildman–Crippen LogP) is 3.90. The minimum atomic E-state index is -3.71. The number of benzene rings is 2. The maximum atomic E-state index is 12.4. The van der Waals surface area contributed by atoms with E-state index >= 15 is 0 Å². The van der Waals surface area contributed by atoms with E-state index in [1.54, 1.807) is 31.2 Å². The van der Waals surface area contributed by atoms with Gasteiger partial charge in [-0.05, 0) is 36.8 Å². The molecule has 1 heterocycles. The molecule has 1 aromatic heterocycles. The van der Waals surface area contributed by atoms with Gasteiger partial charge in [-0.15, -0.1) is 0 Å². The van der Waals surface area contributed by atoms with Gasteiger partial charge in [-0.2, -0.15) is 0 Å². The lowest BCUT2D eigenvalue weighted by Crippen LogP contribution is -2.12. The number of anilines is 1. The smallest absolute Gasteiger partial charge is 0.261 e. The average molecular weight is 337 g/mol. The molecule has 114 valence electrons. The van der Waals surface area contributed by atoms with E-state index in [1.807, 2.05) is 6.92 Å². The summed E-state index contributed by atoms with van der Waals surface area (Å²) in [6.45, 7) is 3.55. The van der Waals surface area contributed by atoms with Crippen LogP contribution in [0.25, 0.3) is 11.1 Å². The normalized spacial score (nSPS) is 11.8. The van der Waals surface area contributed by atoms with Gasteiger partial charge in [0.15, 0.2) is 11.5 Å². The third kappa shape index (κ3) is 2.80. The van der Waals surface area contributed by atoms with E-state index in [1.165, 1.54) is 12.1 Å². The second-order valence-electron chi connectivity index (χ2n) is 4.93. The van der Waals surface area contributed by atoms with Gasteiger partial charge in [0, 0.05) is 18.0 Å². The van der Waals surface area contributed by atoms with Crippen LogP contribution in [0.3, 0.4) is 0 Å². The van der Waals surface area contributed by atoms with E-state index in [4.69, 9.17) is 16.0 Å². The topological polar surface area (TPSA) is 72.2 Å². The molecule has 0 bridgehead atoms. The molecule has 0 amide bonds. The first-order valence-electron chi connectivity index (χ1n) is 6.51. The summed E-state index contributed by atoms with van der Waals surface area (Å²) in [5.41, 5.74) is 2.43. The molecule has 0 radical (unpaired) electrons. The predicted molar refractivity (Wildman–Crippen MR) is 85.7 cm³/mol. The van der Waals surface area contributed by atoms with Crippen LogP contribution >= 0.6 is 11.6 Å².